The first-order valence-electron chi connectivity index (χ1n) is 9.01. The van der Waals surface area contributed by atoms with Crippen LogP contribution in [0.5, 0.6) is 5.88 Å². The standard InChI is InChI=1S/C19H28N4O/c1-15(10-17-13-22-23(2)14-17)20-11-16-8-9-19(21-12-16)24-18-6-4-3-5-7-18/h8-9,12-15,18,20H,3-7,10-11H2,1-2H3. The maximum atomic E-state index is 5.98. The molecule has 2 aromatic heterocycles. The zero-order valence-corrected chi connectivity index (χ0v) is 14.7. The molecule has 2 heterocycles. The first kappa shape index (κ1) is 17.0. The van der Waals surface area contributed by atoms with Gasteiger partial charge >= 0.3 is 0 Å². The summed E-state index contributed by atoms with van der Waals surface area (Å²) in [5.74, 6) is 0.758. The Morgan fingerprint density at radius 2 is 2.04 bits per heavy atom. The molecule has 1 aliphatic carbocycles. The highest BCUT2D eigenvalue weighted by Gasteiger charge is 2.15. The Kier molecular flexibility index (Phi) is 5.86. The molecule has 0 radical (unpaired) electrons. The monoisotopic (exact) mass is 328 g/mol. The van der Waals surface area contributed by atoms with E-state index in [4.69, 9.17) is 4.74 Å². The third-order valence-electron chi connectivity index (χ3n) is 4.59. The van der Waals surface area contributed by atoms with Crippen LogP contribution < -0.4 is 10.1 Å². The molecule has 1 aliphatic rings. The lowest BCUT2D eigenvalue weighted by atomic mass is 9.98. The second-order valence-corrected chi connectivity index (χ2v) is 6.89. The van der Waals surface area contributed by atoms with Crippen molar-refractivity contribution in [2.45, 2.75) is 64.1 Å². The van der Waals surface area contributed by atoms with Crippen LogP contribution in [0.2, 0.25) is 0 Å². The fourth-order valence-corrected chi connectivity index (χ4v) is 3.23. The summed E-state index contributed by atoms with van der Waals surface area (Å²) in [5, 5.41) is 7.75. The Hall–Kier alpha value is -1.88. The largest absolute Gasteiger partial charge is 0.474 e. The van der Waals surface area contributed by atoms with Crippen LogP contribution in [0.4, 0.5) is 0 Å². The molecule has 0 spiro atoms. The number of nitrogens with zero attached hydrogens (tertiary/aromatic N) is 3. The van der Waals surface area contributed by atoms with Crippen molar-refractivity contribution in [3.05, 3.63) is 41.9 Å². The van der Waals surface area contributed by atoms with Crippen LogP contribution >= 0.6 is 0 Å². The van der Waals surface area contributed by atoms with Gasteiger partial charge in [0, 0.05) is 38.1 Å². The van der Waals surface area contributed by atoms with Crippen LogP contribution in [0.1, 0.15) is 50.2 Å². The van der Waals surface area contributed by atoms with Crippen molar-refractivity contribution < 1.29 is 4.74 Å². The number of aryl methyl sites for hydroxylation is 1. The first-order valence-corrected chi connectivity index (χ1v) is 9.01. The van der Waals surface area contributed by atoms with Gasteiger partial charge in [-0.1, -0.05) is 12.5 Å². The molecule has 0 bridgehead atoms. The zero-order valence-electron chi connectivity index (χ0n) is 14.7. The molecule has 1 atom stereocenters. The van der Waals surface area contributed by atoms with Gasteiger partial charge in [-0.05, 0) is 50.2 Å². The highest BCUT2D eigenvalue weighted by Crippen LogP contribution is 2.22. The summed E-state index contributed by atoms with van der Waals surface area (Å²) in [6.07, 6.45) is 13.5. The van der Waals surface area contributed by atoms with Crippen LogP contribution in [-0.2, 0) is 20.0 Å². The van der Waals surface area contributed by atoms with Crippen molar-refractivity contribution in [1.29, 1.82) is 0 Å². The molecule has 130 valence electrons. The summed E-state index contributed by atoms with van der Waals surface area (Å²) in [4.78, 5) is 4.46. The number of aromatic nitrogens is 3. The molecule has 1 saturated carbocycles. The van der Waals surface area contributed by atoms with Gasteiger partial charge in [-0.3, -0.25) is 4.68 Å². The SMILES string of the molecule is CC(Cc1cnn(C)c1)NCc1ccc(OC2CCCCC2)nc1. The summed E-state index contributed by atoms with van der Waals surface area (Å²) in [7, 11) is 1.95. The highest BCUT2D eigenvalue weighted by atomic mass is 16.5. The number of hydrogen-bond acceptors (Lipinski definition) is 4. The normalized spacial score (nSPS) is 16.9. The van der Waals surface area contributed by atoms with Gasteiger partial charge in [-0.25, -0.2) is 4.98 Å². The molecule has 3 rings (SSSR count). The predicted octanol–water partition coefficient (Wildman–Crippen LogP) is 3.25. The van der Waals surface area contributed by atoms with E-state index in [1.807, 2.05) is 30.2 Å². The molecule has 5 heteroatoms. The number of hydrogen-bond donors (Lipinski definition) is 1. The summed E-state index contributed by atoms with van der Waals surface area (Å²) >= 11 is 0. The Morgan fingerprint density at radius 1 is 1.21 bits per heavy atom. The smallest absolute Gasteiger partial charge is 0.213 e. The van der Waals surface area contributed by atoms with Gasteiger partial charge in [-0.2, -0.15) is 5.10 Å². The second kappa shape index (κ2) is 8.29. The molecular formula is C19H28N4O. The lowest BCUT2D eigenvalue weighted by Crippen LogP contribution is -2.27. The van der Waals surface area contributed by atoms with E-state index in [0.717, 1.165) is 31.7 Å². The van der Waals surface area contributed by atoms with Crippen molar-refractivity contribution in [3.8, 4) is 5.88 Å². The van der Waals surface area contributed by atoms with Gasteiger partial charge < -0.3 is 10.1 Å². The lowest BCUT2D eigenvalue weighted by Gasteiger charge is -2.22. The van der Waals surface area contributed by atoms with Crippen LogP contribution in [0, 0.1) is 0 Å². The third-order valence-corrected chi connectivity index (χ3v) is 4.59. The molecular weight excluding hydrogens is 300 g/mol. The molecule has 2 aromatic rings. The Labute approximate surface area is 144 Å². The molecule has 24 heavy (non-hydrogen) atoms. The quantitative estimate of drug-likeness (QED) is 0.848. The fraction of sp³-hybridized carbons (Fsp3) is 0.579. The maximum Gasteiger partial charge on any atom is 0.213 e. The summed E-state index contributed by atoms with van der Waals surface area (Å²) in [6, 6.07) is 4.50. The highest BCUT2D eigenvalue weighted by molar-refractivity contribution is 5.18. The van der Waals surface area contributed by atoms with E-state index in [1.165, 1.54) is 30.4 Å². The summed E-state index contributed by atoms with van der Waals surface area (Å²) < 4.78 is 7.82. The van der Waals surface area contributed by atoms with E-state index in [9.17, 15) is 0 Å². The van der Waals surface area contributed by atoms with E-state index in [0.29, 0.717) is 12.1 Å². The van der Waals surface area contributed by atoms with E-state index < -0.39 is 0 Å². The molecule has 0 aromatic carbocycles. The van der Waals surface area contributed by atoms with E-state index >= 15 is 0 Å². The lowest BCUT2D eigenvalue weighted by molar-refractivity contribution is 0.148. The van der Waals surface area contributed by atoms with Crippen molar-refractivity contribution in [3.63, 3.8) is 0 Å². The molecule has 0 amide bonds. The fourth-order valence-electron chi connectivity index (χ4n) is 3.23. The summed E-state index contributed by atoms with van der Waals surface area (Å²) in [5.41, 5.74) is 2.44. The van der Waals surface area contributed by atoms with Gasteiger partial charge in [0.2, 0.25) is 5.88 Å². The number of rotatable bonds is 7. The minimum absolute atomic E-state index is 0.356. The Balaban J connectivity index is 1.43. The first-order chi connectivity index (χ1) is 11.7. The minimum atomic E-state index is 0.356. The number of nitrogens with one attached hydrogen (secondary N) is 1. The topological polar surface area (TPSA) is 52.0 Å². The molecule has 0 saturated heterocycles. The van der Waals surface area contributed by atoms with Crippen molar-refractivity contribution in [2.24, 2.45) is 7.05 Å². The van der Waals surface area contributed by atoms with Crippen molar-refractivity contribution >= 4 is 0 Å². The molecule has 1 N–H and O–H groups in total. The van der Waals surface area contributed by atoms with Crippen LogP contribution in [0.25, 0.3) is 0 Å². The number of pyridine rings is 1. The molecule has 5 nitrogen and oxygen atoms in total. The van der Waals surface area contributed by atoms with Gasteiger partial charge in [0.05, 0.1) is 6.20 Å². The minimum Gasteiger partial charge on any atom is -0.474 e. The Morgan fingerprint density at radius 3 is 2.71 bits per heavy atom. The maximum absolute atomic E-state index is 5.98. The Bertz CT molecular complexity index is 617. The predicted molar refractivity (Wildman–Crippen MR) is 95.0 cm³/mol. The average molecular weight is 328 g/mol. The molecule has 1 unspecified atom stereocenters. The van der Waals surface area contributed by atoms with E-state index in [2.05, 4.69) is 34.6 Å². The second-order valence-electron chi connectivity index (χ2n) is 6.89. The van der Waals surface area contributed by atoms with Crippen LogP contribution in [-0.4, -0.2) is 26.9 Å². The van der Waals surface area contributed by atoms with Crippen LogP contribution in [0.3, 0.4) is 0 Å². The zero-order chi connectivity index (χ0) is 16.8. The van der Waals surface area contributed by atoms with Gasteiger partial charge in [0.15, 0.2) is 0 Å². The summed E-state index contributed by atoms with van der Waals surface area (Å²) in [6.45, 7) is 3.01. The third kappa shape index (κ3) is 5.06. The average Bonchev–Trinajstić information content (AvgIpc) is 3.00. The van der Waals surface area contributed by atoms with Crippen molar-refractivity contribution in [2.75, 3.05) is 0 Å². The molecule has 0 aliphatic heterocycles. The van der Waals surface area contributed by atoms with Gasteiger partial charge in [0.1, 0.15) is 6.10 Å². The van der Waals surface area contributed by atoms with Gasteiger partial charge in [0.25, 0.3) is 0 Å². The van der Waals surface area contributed by atoms with E-state index in [1.54, 1.807) is 0 Å². The number of ether oxygens (including phenoxy) is 1. The van der Waals surface area contributed by atoms with Crippen LogP contribution in [0.15, 0.2) is 30.7 Å². The van der Waals surface area contributed by atoms with E-state index in [-0.39, 0.29) is 0 Å². The van der Waals surface area contributed by atoms with Crippen molar-refractivity contribution in [1.82, 2.24) is 20.1 Å². The van der Waals surface area contributed by atoms with Gasteiger partial charge in [-0.15, -0.1) is 0 Å². The molecule has 1 fully saturated rings.